The molecule has 10 heteroatoms. The van der Waals surface area contributed by atoms with Crippen molar-refractivity contribution in [3.63, 3.8) is 0 Å². The standard InChI is InChI=1S/C18H14F3N5O2/c1-28-13-4-2-3-10-14(13)24-17(26-8-7-23-15(10)26)25-16(27)11-9-22-6-5-12(11)18(19,20)21/h2-6,9,23H,7-8H2,1H3. The van der Waals surface area contributed by atoms with E-state index in [1.54, 1.807) is 16.7 Å². The van der Waals surface area contributed by atoms with Crippen LogP contribution < -0.4 is 15.7 Å². The molecule has 1 aliphatic heterocycles. The molecule has 1 amide bonds. The number of amides is 1. The zero-order valence-corrected chi connectivity index (χ0v) is 14.6. The van der Waals surface area contributed by atoms with Gasteiger partial charge in [-0.25, -0.2) is 4.98 Å². The van der Waals surface area contributed by atoms with E-state index in [1.807, 2.05) is 6.07 Å². The SMILES string of the molecule is COc1cccc2c3n(c(=NC(=O)c4cnccc4C(F)(F)F)nc12)CCN3. The number of carbonyl (C=O) groups is 1. The Morgan fingerprint density at radius 1 is 1.32 bits per heavy atom. The van der Waals surface area contributed by atoms with Crippen LogP contribution in [-0.4, -0.2) is 34.1 Å². The molecule has 3 heterocycles. The molecule has 0 fully saturated rings. The van der Waals surface area contributed by atoms with Gasteiger partial charge in [0, 0.05) is 30.9 Å². The first-order valence-electron chi connectivity index (χ1n) is 8.32. The van der Waals surface area contributed by atoms with Crippen molar-refractivity contribution in [2.24, 2.45) is 4.99 Å². The number of halogens is 3. The van der Waals surface area contributed by atoms with Crippen LogP contribution in [0.4, 0.5) is 19.0 Å². The first-order chi connectivity index (χ1) is 13.4. The van der Waals surface area contributed by atoms with E-state index in [1.165, 1.54) is 7.11 Å². The van der Waals surface area contributed by atoms with Crippen molar-refractivity contribution in [1.29, 1.82) is 0 Å². The molecule has 0 saturated carbocycles. The summed E-state index contributed by atoms with van der Waals surface area (Å²) in [5.74, 6) is 0.0808. The van der Waals surface area contributed by atoms with E-state index in [0.29, 0.717) is 30.2 Å². The summed E-state index contributed by atoms with van der Waals surface area (Å²) in [6, 6.07) is 6.09. The Balaban J connectivity index is 1.93. The van der Waals surface area contributed by atoms with Crippen LogP contribution in [-0.2, 0) is 12.7 Å². The predicted molar refractivity (Wildman–Crippen MR) is 93.9 cm³/mol. The summed E-state index contributed by atoms with van der Waals surface area (Å²) in [5, 5.41) is 3.95. The van der Waals surface area contributed by atoms with Crippen LogP contribution in [0.2, 0.25) is 0 Å². The van der Waals surface area contributed by atoms with Gasteiger partial charge in [-0.15, -0.1) is 0 Å². The summed E-state index contributed by atoms with van der Waals surface area (Å²) < 4.78 is 46.6. The van der Waals surface area contributed by atoms with Gasteiger partial charge in [-0.1, -0.05) is 6.07 Å². The number of alkyl halides is 3. The fraction of sp³-hybridized carbons (Fsp3) is 0.222. The Labute approximate surface area is 156 Å². The molecule has 144 valence electrons. The lowest BCUT2D eigenvalue weighted by Crippen LogP contribution is -2.25. The van der Waals surface area contributed by atoms with Crippen molar-refractivity contribution in [3.8, 4) is 5.75 Å². The fourth-order valence-electron chi connectivity index (χ4n) is 3.14. The lowest BCUT2D eigenvalue weighted by atomic mass is 10.1. The number of anilines is 1. The maximum absolute atomic E-state index is 13.2. The van der Waals surface area contributed by atoms with Gasteiger partial charge in [0.05, 0.1) is 18.2 Å². The maximum atomic E-state index is 13.2. The molecule has 4 rings (SSSR count). The first-order valence-corrected chi connectivity index (χ1v) is 8.32. The first kappa shape index (κ1) is 18.0. The molecule has 3 aromatic rings. The average molecular weight is 389 g/mol. The quantitative estimate of drug-likeness (QED) is 0.729. The minimum Gasteiger partial charge on any atom is -0.494 e. The summed E-state index contributed by atoms with van der Waals surface area (Å²) in [4.78, 5) is 24.5. The van der Waals surface area contributed by atoms with Crippen LogP contribution in [0.15, 0.2) is 41.7 Å². The predicted octanol–water partition coefficient (Wildman–Crippen LogP) is 2.63. The van der Waals surface area contributed by atoms with E-state index in [0.717, 1.165) is 23.8 Å². The van der Waals surface area contributed by atoms with Gasteiger partial charge < -0.3 is 10.1 Å². The van der Waals surface area contributed by atoms with Crippen LogP contribution in [0.3, 0.4) is 0 Å². The van der Waals surface area contributed by atoms with Crippen LogP contribution in [0, 0.1) is 0 Å². The highest BCUT2D eigenvalue weighted by atomic mass is 19.4. The van der Waals surface area contributed by atoms with Gasteiger partial charge in [0.1, 0.15) is 17.1 Å². The molecule has 1 aliphatic rings. The molecular formula is C18H14F3N5O2. The summed E-state index contributed by atoms with van der Waals surface area (Å²) in [6.45, 7) is 1.05. The molecule has 0 saturated heterocycles. The van der Waals surface area contributed by atoms with Crippen molar-refractivity contribution in [1.82, 2.24) is 14.5 Å². The molecule has 0 radical (unpaired) electrons. The van der Waals surface area contributed by atoms with Crippen LogP contribution >= 0.6 is 0 Å². The van der Waals surface area contributed by atoms with Crippen molar-refractivity contribution < 1.29 is 22.7 Å². The second-order valence-corrected chi connectivity index (χ2v) is 6.03. The number of methoxy groups -OCH3 is 1. The van der Waals surface area contributed by atoms with Crippen molar-refractivity contribution >= 4 is 22.6 Å². The number of aromatic nitrogens is 3. The monoisotopic (exact) mass is 389 g/mol. The minimum absolute atomic E-state index is 0.000947. The Bertz CT molecular complexity index is 1150. The maximum Gasteiger partial charge on any atom is 0.417 e. The third-order valence-corrected chi connectivity index (χ3v) is 4.38. The number of ether oxygens (including phenoxy) is 1. The van der Waals surface area contributed by atoms with Gasteiger partial charge in [-0.3, -0.25) is 14.3 Å². The Hall–Kier alpha value is -3.43. The summed E-state index contributed by atoms with van der Waals surface area (Å²) in [7, 11) is 1.48. The highest BCUT2D eigenvalue weighted by molar-refractivity contribution is 5.97. The number of nitrogens with one attached hydrogen (secondary N) is 1. The number of hydrogen-bond acceptors (Lipinski definition) is 5. The van der Waals surface area contributed by atoms with Gasteiger partial charge in [-0.05, 0) is 18.2 Å². The highest BCUT2D eigenvalue weighted by Crippen LogP contribution is 2.32. The zero-order chi connectivity index (χ0) is 19.9. The van der Waals surface area contributed by atoms with E-state index >= 15 is 0 Å². The number of fused-ring (bicyclic) bond motifs is 3. The third-order valence-electron chi connectivity index (χ3n) is 4.38. The Kier molecular flexibility index (Phi) is 4.25. The number of rotatable bonds is 2. The summed E-state index contributed by atoms with van der Waals surface area (Å²) in [6.07, 6.45) is -2.85. The summed E-state index contributed by atoms with van der Waals surface area (Å²) >= 11 is 0. The highest BCUT2D eigenvalue weighted by Gasteiger charge is 2.35. The van der Waals surface area contributed by atoms with Gasteiger partial charge in [0.2, 0.25) is 5.62 Å². The Morgan fingerprint density at radius 2 is 2.14 bits per heavy atom. The zero-order valence-electron chi connectivity index (χ0n) is 14.6. The number of benzene rings is 1. The molecule has 0 spiro atoms. The molecule has 0 atom stereocenters. The van der Waals surface area contributed by atoms with Gasteiger partial charge in [0.15, 0.2) is 0 Å². The van der Waals surface area contributed by atoms with E-state index < -0.39 is 23.2 Å². The van der Waals surface area contributed by atoms with Crippen LogP contribution in [0.1, 0.15) is 15.9 Å². The second kappa shape index (κ2) is 6.63. The number of pyridine rings is 1. The normalized spacial score (nSPS) is 14.1. The largest absolute Gasteiger partial charge is 0.494 e. The van der Waals surface area contributed by atoms with E-state index in [2.05, 4.69) is 20.3 Å². The van der Waals surface area contributed by atoms with Crippen LogP contribution in [0.25, 0.3) is 10.9 Å². The van der Waals surface area contributed by atoms with E-state index in [9.17, 15) is 18.0 Å². The topological polar surface area (TPSA) is 81.4 Å². The van der Waals surface area contributed by atoms with Gasteiger partial charge in [0.25, 0.3) is 5.91 Å². The molecule has 0 aliphatic carbocycles. The fourth-order valence-corrected chi connectivity index (χ4v) is 3.14. The number of nitrogens with zero attached hydrogens (tertiary/aromatic N) is 4. The van der Waals surface area contributed by atoms with Crippen molar-refractivity contribution in [3.05, 3.63) is 53.4 Å². The minimum atomic E-state index is -4.69. The molecule has 1 aromatic carbocycles. The summed E-state index contributed by atoms with van der Waals surface area (Å²) in [5.41, 5.74) is -1.26. The Morgan fingerprint density at radius 3 is 2.89 bits per heavy atom. The molecule has 2 aromatic heterocycles. The number of carbonyl (C=O) groups excluding carboxylic acids is 1. The lowest BCUT2D eigenvalue weighted by Gasteiger charge is -2.11. The number of hydrogen-bond donors (Lipinski definition) is 1. The molecule has 0 unspecified atom stereocenters. The average Bonchev–Trinajstić information content (AvgIpc) is 3.17. The second-order valence-electron chi connectivity index (χ2n) is 6.03. The molecular weight excluding hydrogens is 375 g/mol. The molecule has 7 nitrogen and oxygen atoms in total. The lowest BCUT2D eigenvalue weighted by molar-refractivity contribution is -0.138. The smallest absolute Gasteiger partial charge is 0.417 e. The van der Waals surface area contributed by atoms with E-state index in [-0.39, 0.29) is 5.62 Å². The van der Waals surface area contributed by atoms with Crippen LogP contribution in [0.5, 0.6) is 5.75 Å². The van der Waals surface area contributed by atoms with Gasteiger partial charge >= 0.3 is 6.18 Å². The van der Waals surface area contributed by atoms with Crippen molar-refractivity contribution in [2.75, 3.05) is 19.0 Å². The van der Waals surface area contributed by atoms with Crippen molar-refractivity contribution in [2.45, 2.75) is 12.7 Å². The molecule has 28 heavy (non-hydrogen) atoms. The third kappa shape index (κ3) is 2.96. The molecule has 0 bridgehead atoms. The number of para-hydroxylation sites is 1. The molecule has 1 N–H and O–H groups in total. The van der Waals surface area contributed by atoms with Gasteiger partial charge in [-0.2, -0.15) is 18.2 Å². The van der Waals surface area contributed by atoms with E-state index in [4.69, 9.17) is 4.74 Å².